The number of esters is 1. The molecule has 0 aromatic rings. The molecule has 4 heteroatoms. The number of thiocarbonyl (C=S) groups is 1. The topological polar surface area (TPSA) is 38.3 Å². The molecule has 0 radical (unpaired) electrons. The van der Waals surface area contributed by atoms with Crippen molar-refractivity contribution in [3.05, 3.63) is 0 Å². The number of carbonyl (C=O) groups excluding carboxylic acids is 1. The van der Waals surface area contributed by atoms with Gasteiger partial charge in [-0.3, -0.25) is 4.79 Å². The molecule has 0 spiro atoms. The fourth-order valence-corrected chi connectivity index (χ4v) is 1.17. The molecule has 0 aliphatic carbocycles. The summed E-state index contributed by atoms with van der Waals surface area (Å²) < 4.78 is 4.89. The van der Waals surface area contributed by atoms with Crippen molar-refractivity contribution in [3.63, 3.8) is 0 Å². The molecular formula is C6H9NO2S. The Labute approximate surface area is 64.7 Å². The maximum atomic E-state index is 10.4. The summed E-state index contributed by atoms with van der Waals surface area (Å²) in [5.41, 5.74) is 0. The summed E-state index contributed by atoms with van der Waals surface area (Å²) in [6.07, 6.45) is 0.638. The Bertz CT molecular complexity index is 169. The van der Waals surface area contributed by atoms with E-state index in [0.717, 1.165) is 4.99 Å². The number of nitrogens with one attached hydrogen (secondary N) is 1. The van der Waals surface area contributed by atoms with Gasteiger partial charge in [0.05, 0.1) is 11.5 Å². The molecule has 0 unspecified atom stereocenters. The van der Waals surface area contributed by atoms with Crippen LogP contribution in [0.2, 0.25) is 0 Å². The van der Waals surface area contributed by atoms with Crippen LogP contribution in [0.3, 0.4) is 0 Å². The molecule has 1 atom stereocenters. The molecule has 0 bridgehead atoms. The van der Waals surface area contributed by atoms with E-state index in [0.29, 0.717) is 13.0 Å². The lowest BCUT2D eigenvalue weighted by Crippen LogP contribution is -2.19. The van der Waals surface area contributed by atoms with Gasteiger partial charge >= 0.3 is 5.97 Å². The van der Waals surface area contributed by atoms with E-state index < -0.39 is 0 Å². The van der Waals surface area contributed by atoms with Crippen molar-refractivity contribution >= 4 is 23.2 Å². The SMILES string of the molecule is CC(=O)O[C@@H]1CNC(=S)C1. The summed E-state index contributed by atoms with van der Waals surface area (Å²) in [5, 5.41) is 2.93. The number of hydrogen-bond donors (Lipinski definition) is 1. The molecule has 1 saturated heterocycles. The van der Waals surface area contributed by atoms with Crippen molar-refractivity contribution < 1.29 is 9.53 Å². The van der Waals surface area contributed by atoms with Crippen molar-refractivity contribution in [2.45, 2.75) is 19.4 Å². The first-order valence-electron chi connectivity index (χ1n) is 3.12. The van der Waals surface area contributed by atoms with E-state index in [4.69, 9.17) is 17.0 Å². The van der Waals surface area contributed by atoms with Gasteiger partial charge in [-0.15, -0.1) is 0 Å². The zero-order chi connectivity index (χ0) is 7.56. The summed E-state index contributed by atoms with van der Waals surface area (Å²) in [6, 6.07) is 0. The normalized spacial score (nSPS) is 24.1. The fraction of sp³-hybridized carbons (Fsp3) is 0.667. The van der Waals surface area contributed by atoms with Crippen LogP contribution in [0.25, 0.3) is 0 Å². The highest BCUT2D eigenvalue weighted by Crippen LogP contribution is 2.05. The minimum atomic E-state index is -0.239. The van der Waals surface area contributed by atoms with E-state index in [1.807, 2.05) is 0 Å². The van der Waals surface area contributed by atoms with Crippen LogP contribution in [0.1, 0.15) is 13.3 Å². The van der Waals surface area contributed by atoms with Gasteiger partial charge in [-0.2, -0.15) is 0 Å². The van der Waals surface area contributed by atoms with E-state index in [1.54, 1.807) is 0 Å². The second-order valence-corrected chi connectivity index (χ2v) is 2.73. The second-order valence-electron chi connectivity index (χ2n) is 2.24. The molecule has 1 heterocycles. The monoisotopic (exact) mass is 159 g/mol. The van der Waals surface area contributed by atoms with Gasteiger partial charge in [0.15, 0.2) is 0 Å². The minimum absolute atomic E-state index is 0.0370. The molecule has 1 aliphatic rings. The maximum Gasteiger partial charge on any atom is 0.302 e. The predicted octanol–water partition coefficient (Wildman–Crippen LogP) is 0.239. The molecule has 0 aromatic carbocycles. The van der Waals surface area contributed by atoms with Gasteiger partial charge < -0.3 is 10.1 Å². The maximum absolute atomic E-state index is 10.4. The summed E-state index contributed by atoms with van der Waals surface area (Å²) in [7, 11) is 0. The highest BCUT2D eigenvalue weighted by atomic mass is 32.1. The average Bonchev–Trinajstić information content (AvgIpc) is 2.13. The van der Waals surface area contributed by atoms with Crippen LogP contribution in [0.15, 0.2) is 0 Å². The van der Waals surface area contributed by atoms with Gasteiger partial charge in [-0.05, 0) is 0 Å². The number of rotatable bonds is 1. The van der Waals surface area contributed by atoms with E-state index in [1.165, 1.54) is 6.92 Å². The van der Waals surface area contributed by atoms with Crippen LogP contribution in [0.4, 0.5) is 0 Å². The predicted molar refractivity (Wildman–Crippen MR) is 40.8 cm³/mol. The third-order valence-corrected chi connectivity index (χ3v) is 1.58. The summed E-state index contributed by atoms with van der Waals surface area (Å²) in [5.74, 6) is -0.239. The van der Waals surface area contributed by atoms with Gasteiger partial charge in [0.1, 0.15) is 6.10 Å². The molecule has 0 aromatic heterocycles. The van der Waals surface area contributed by atoms with Crippen LogP contribution < -0.4 is 5.32 Å². The lowest BCUT2D eigenvalue weighted by Gasteiger charge is -2.05. The summed E-state index contributed by atoms with van der Waals surface area (Å²) >= 11 is 4.85. The molecular weight excluding hydrogens is 150 g/mol. The van der Waals surface area contributed by atoms with Crippen molar-refractivity contribution in [2.24, 2.45) is 0 Å². The number of ether oxygens (including phenoxy) is 1. The van der Waals surface area contributed by atoms with Gasteiger partial charge in [0.25, 0.3) is 0 Å². The van der Waals surface area contributed by atoms with E-state index in [9.17, 15) is 4.79 Å². The lowest BCUT2D eigenvalue weighted by molar-refractivity contribution is -0.145. The lowest BCUT2D eigenvalue weighted by atomic mass is 10.3. The third kappa shape index (κ3) is 1.95. The number of hydrogen-bond acceptors (Lipinski definition) is 3. The fourth-order valence-electron chi connectivity index (χ4n) is 0.897. The van der Waals surface area contributed by atoms with Crippen LogP contribution in [0, 0.1) is 0 Å². The van der Waals surface area contributed by atoms with Crippen molar-refractivity contribution in [1.29, 1.82) is 0 Å². The first kappa shape index (κ1) is 7.47. The Balaban J connectivity index is 2.31. The average molecular weight is 159 g/mol. The zero-order valence-electron chi connectivity index (χ0n) is 5.72. The van der Waals surface area contributed by atoms with E-state index >= 15 is 0 Å². The Morgan fingerprint density at radius 3 is 3.00 bits per heavy atom. The Hall–Kier alpha value is -0.640. The molecule has 10 heavy (non-hydrogen) atoms. The van der Waals surface area contributed by atoms with Crippen molar-refractivity contribution in [1.82, 2.24) is 5.32 Å². The van der Waals surface area contributed by atoms with Crippen LogP contribution in [-0.2, 0) is 9.53 Å². The molecule has 1 aliphatic heterocycles. The molecule has 0 saturated carbocycles. The van der Waals surface area contributed by atoms with Crippen LogP contribution in [-0.4, -0.2) is 23.6 Å². The summed E-state index contributed by atoms with van der Waals surface area (Å²) in [6.45, 7) is 2.07. The van der Waals surface area contributed by atoms with Gasteiger partial charge in [0.2, 0.25) is 0 Å². The molecule has 1 rings (SSSR count). The molecule has 3 nitrogen and oxygen atoms in total. The summed E-state index contributed by atoms with van der Waals surface area (Å²) in [4.78, 5) is 11.2. The van der Waals surface area contributed by atoms with Crippen LogP contribution in [0.5, 0.6) is 0 Å². The smallest absolute Gasteiger partial charge is 0.302 e. The second kappa shape index (κ2) is 2.96. The van der Waals surface area contributed by atoms with Gasteiger partial charge in [-0.1, -0.05) is 12.2 Å². The Morgan fingerprint density at radius 2 is 2.60 bits per heavy atom. The van der Waals surface area contributed by atoms with E-state index in [2.05, 4.69) is 5.32 Å². The minimum Gasteiger partial charge on any atom is -0.460 e. The Morgan fingerprint density at radius 1 is 1.90 bits per heavy atom. The first-order valence-corrected chi connectivity index (χ1v) is 3.53. The largest absolute Gasteiger partial charge is 0.460 e. The highest BCUT2D eigenvalue weighted by Gasteiger charge is 2.20. The quantitative estimate of drug-likeness (QED) is 0.439. The molecule has 1 fully saturated rings. The number of carbonyl (C=O) groups is 1. The zero-order valence-corrected chi connectivity index (χ0v) is 6.53. The van der Waals surface area contributed by atoms with E-state index in [-0.39, 0.29) is 12.1 Å². The molecule has 56 valence electrons. The van der Waals surface area contributed by atoms with Crippen LogP contribution >= 0.6 is 12.2 Å². The molecule has 0 amide bonds. The van der Waals surface area contributed by atoms with Gasteiger partial charge in [-0.25, -0.2) is 0 Å². The first-order chi connectivity index (χ1) is 4.68. The van der Waals surface area contributed by atoms with Gasteiger partial charge in [0, 0.05) is 13.3 Å². The standard InChI is InChI=1S/C6H9NO2S/c1-4(8)9-5-2-6(10)7-3-5/h5H,2-3H2,1H3,(H,7,10)/t5-/m0/s1. The highest BCUT2D eigenvalue weighted by molar-refractivity contribution is 7.80. The third-order valence-electron chi connectivity index (χ3n) is 1.27. The molecule has 1 N–H and O–H groups in total. The van der Waals surface area contributed by atoms with Crippen molar-refractivity contribution in [2.75, 3.05) is 6.54 Å². The Kier molecular flexibility index (Phi) is 2.21. The van der Waals surface area contributed by atoms with Crippen molar-refractivity contribution in [3.8, 4) is 0 Å².